The molecule has 0 saturated carbocycles. The number of halogens is 2. The van der Waals surface area contributed by atoms with Crippen LogP contribution in [0, 0.1) is 0 Å². The number of carbonyl (C=O) groups is 2. The maximum absolute atomic E-state index is 12.7. The zero-order chi connectivity index (χ0) is 23.3. The summed E-state index contributed by atoms with van der Waals surface area (Å²) in [4.78, 5) is 24.7. The number of sulfonamides is 1. The summed E-state index contributed by atoms with van der Waals surface area (Å²) in [7, 11) is -3.74. The third-order valence-electron chi connectivity index (χ3n) is 4.42. The van der Waals surface area contributed by atoms with Crippen molar-refractivity contribution in [2.24, 2.45) is 0 Å². The number of hydrogen-bond acceptors (Lipinski definition) is 6. The molecule has 3 N–H and O–H groups in total. The molecule has 1 amide bonds. The van der Waals surface area contributed by atoms with Gasteiger partial charge in [-0.3, -0.25) is 4.79 Å². The van der Waals surface area contributed by atoms with Crippen LogP contribution >= 0.6 is 23.2 Å². The second-order valence-corrected chi connectivity index (χ2v) is 9.26. The highest BCUT2D eigenvalue weighted by molar-refractivity contribution is 7.89. The normalized spacial score (nSPS) is 12.5. The van der Waals surface area contributed by atoms with Gasteiger partial charge in [-0.05, 0) is 43.3 Å². The van der Waals surface area contributed by atoms with Crippen molar-refractivity contribution >= 4 is 56.5 Å². The highest BCUT2D eigenvalue weighted by Crippen LogP contribution is 2.27. The molecule has 2 aromatic carbocycles. The number of benzene rings is 2. The molecule has 0 aliphatic carbocycles. The van der Waals surface area contributed by atoms with Crippen molar-refractivity contribution in [1.29, 1.82) is 0 Å². The van der Waals surface area contributed by atoms with Gasteiger partial charge in [0.05, 0.1) is 31.9 Å². The predicted octanol–water partition coefficient (Wildman–Crippen LogP) is 3.79. The lowest BCUT2D eigenvalue weighted by Crippen LogP contribution is -2.31. The Kier molecular flexibility index (Phi) is 8.30. The van der Waals surface area contributed by atoms with E-state index in [-0.39, 0.29) is 31.9 Å². The van der Waals surface area contributed by atoms with Crippen molar-refractivity contribution in [3.05, 3.63) is 52.0 Å². The van der Waals surface area contributed by atoms with Crippen molar-refractivity contribution in [3.8, 4) is 0 Å². The molecule has 0 aromatic heterocycles. The summed E-state index contributed by atoms with van der Waals surface area (Å²) in [5.41, 5.74) is 6.09. The van der Waals surface area contributed by atoms with Gasteiger partial charge >= 0.3 is 5.97 Å². The first kappa shape index (κ1) is 24.9. The summed E-state index contributed by atoms with van der Waals surface area (Å²) in [6.07, 6.45) is -1.19. The number of nitrogens with two attached hydrogens (primary N) is 1. The summed E-state index contributed by atoms with van der Waals surface area (Å²) in [6.45, 7) is 5.42. The first-order valence-electron chi connectivity index (χ1n) is 9.37. The molecule has 2 rings (SSSR count). The van der Waals surface area contributed by atoms with Gasteiger partial charge in [-0.1, -0.05) is 37.0 Å². The smallest absolute Gasteiger partial charge is 0.338 e. The number of nitrogen functional groups attached to an aromatic ring is 1. The lowest BCUT2D eigenvalue weighted by Gasteiger charge is -2.19. The number of ether oxygens (including phenoxy) is 1. The standard InChI is InChI=1S/C20H23Cl2N3O5S/c1-4-25(5-2)31(28,29)14-7-9-16(22)18(11-14)24-19(26)12(3)30-20(27)13-6-8-15(21)17(23)10-13/h6-12H,4-5,23H2,1-3H3,(H,24,26). The molecule has 8 nitrogen and oxygen atoms in total. The molecule has 2 aromatic rings. The number of anilines is 2. The number of esters is 1. The summed E-state index contributed by atoms with van der Waals surface area (Å²) in [5.74, 6) is -1.45. The Hall–Kier alpha value is -2.33. The Labute approximate surface area is 191 Å². The number of nitrogens with one attached hydrogen (secondary N) is 1. The van der Waals surface area contributed by atoms with Gasteiger partial charge in [0.15, 0.2) is 6.10 Å². The minimum Gasteiger partial charge on any atom is -0.449 e. The van der Waals surface area contributed by atoms with Crippen LogP contribution in [-0.2, 0) is 19.6 Å². The van der Waals surface area contributed by atoms with Crippen molar-refractivity contribution in [2.45, 2.75) is 31.8 Å². The van der Waals surface area contributed by atoms with Gasteiger partial charge in [0.2, 0.25) is 10.0 Å². The fourth-order valence-electron chi connectivity index (χ4n) is 2.66. The number of nitrogens with zero attached hydrogens (tertiary/aromatic N) is 1. The van der Waals surface area contributed by atoms with E-state index in [0.717, 1.165) is 0 Å². The molecule has 1 unspecified atom stereocenters. The molecule has 1 atom stereocenters. The summed E-state index contributed by atoms with van der Waals surface area (Å²) >= 11 is 11.9. The molecule has 0 spiro atoms. The fourth-order valence-corrected chi connectivity index (χ4v) is 4.43. The fraction of sp³-hybridized carbons (Fsp3) is 0.300. The van der Waals surface area contributed by atoms with Gasteiger partial charge in [0.1, 0.15) is 0 Å². The lowest BCUT2D eigenvalue weighted by atomic mass is 10.2. The van der Waals surface area contributed by atoms with E-state index in [2.05, 4.69) is 5.32 Å². The summed E-state index contributed by atoms with van der Waals surface area (Å²) in [6, 6.07) is 8.21. The minimum atomic E-state index is -3.74. The molecule has 11 heteroatoms. The van der Waals surface area contributed by atoms with Crippen LogP contribution in [0.4, 0.5) is 11.4 Å². The van der Waals surface area contributed by atoms with Crippen LogP contribution in [0.5, 0.6) is 0 Å². The van der Waals surface area contributed by atoms with E-state index in [0.29, 0.717) is 13.1 Å². The van der Waals surface area contributed by atoms with Crippen LogP contribution in [0.15, 0.2) is 41.3 Å². The monoisotopic (exact) mass is 487 g/mol. The topological polar surface area (TPSA) is 119 Å². The Bertz CT molecular complexity index is 1090. The molecule has 0 aliphatic rings. The van der Waals surface area contributed by atoms with Gasteiger partial charge in [-0.2, -0.15) is 4.31 Å². The van der Waals surface area contributed by atoms with Crippen LogP contribution in [0.25, 0.3) is 0 Å². The predicted molar refractivity (Wildman–Crippen MR) is 121 cm³/mol. The molecule has 31 heavy (non-hydrogen) atoms. The van der Waals surface area contributed by atoms with E-state index < -0.39 is 28.0 Å². The highest BCUT2D eigenvalue weighted by Gasteiger charge is 2.24. The molecule has 0 fully saturated rings. The van der Waals surface area contributed by atoms with Crippen molar-refractivity contribution in [3.63, 3.8) is 0 Å². The first-order valence-corrected chi connectivity index (χ1v) is 11.6. The van der Waals surface area contributed by atoms with Gasteiger partial charge < -0.3 is 15.8 Å². The van der Waals surface area contributed by atoms with Gasteiger partial charge in [0, 0.05) is 13.1 Å². The summed E-state index contributed by atoms with van der Waals surface area (Å²) in [5, 5.41) is 2.92. The van der Waals surface area contributed by atoms with Crippen molar-refractivity contribution in [1.82, 2.24) is 4.31 Å². The zero-order valence-electron chi connectivity index (χ0n) is 17.2. The van der Waals surface area contributed by atoms with E-state index in [4.69, 9.17) is 33.7 Å². The lowest BCUT2D eigenvalue weighted by molar-refractivity contribution is -0.123. The average Bonchev–Trinajstić information content (AvgIpc) is 2.71. The molecular weight excluding hydrogens is 465 g/mol. The maximum atomic E-state index is 12.7. The number of hydrogen-bond donors (Lipinski definition) is 2. The highest BCUT2D eigenvalue weighted by atomic mass is 35.5. The van der Waals surface area contributed by atoms with Crippen LogP contribution < -0.4 is 11.1 Å². The number of rotatable bonds is 8. The Balaban J connectivity index is 2.17. The SMILES string of the molecule is CCN(CC)S(=O)(=O)c1ccc(Cl)c(NC(=O)C(C)OC(=O)c2ccc(Cl)c(N)c2)c1. The third-order valence-corrected chi connectivity index (χ3v) is 7.14. The molecule has 0 bridgehead atoms. The Morgan fingerprint density at radius 2 is 1.71 bits per heavy atom. The van der Waals surface area contributed by atoms with E-state index >= 15 is 0 Å². The van der Waals surface area contributed by atoms with E-state index in [1.807, 2.05) is 0 Å². The van der Waals surface area contributed by atoms with Crippen LogP contribution in [0.1, 0.15) is 31.1 Å². The first-order chi connectivity index (χ1) is 14.5. The summed E-state index contributed by atoms with van der Waals surface area (Å²) < 4.78 is 31.9. The van der Waals surface area contributed by atoms with Gasteiger partial charge in [-0.15, -0.1) is 0 Å². The largest absolute Gasteiger partial charge is 0.449 e. The zero-order valence-corrected chi connectivity index (χ0v) is 19.5. The molecular formula is C20H23Cl2N3O5S. The average molecular weight is 488 g/mol. The van der Waals surface area contributed by atoms with Gasteiger partial charge in [0.25, 0.3) is 5.91 Å². The van der Waals surface area contributed by atoms with E-state index in [1.165, 1.54) is 47.6 Å². The second-order valence-electron chi connectivity index (χ2n) is 6.50. The Morgan fingerprint density at radius 1 is 1.10 bits per heavy atom. The van der Waals surface area contributed by atoms with E-state index in [9.17, 15) is 18.0 Å². The van der Waals surface area contributed by atoms with E-state index in [1.54, 1.807) is 13.8 Å². The molecule has 0 heterocycles. The maximum Gasteiger partial charge on any atom is 0.338 e. The van der Waals surface area contributed by atoms with Crippen molar-refractivity contribution in [2.75, 3.05) is 24.1 Å². The Morgan fingerprint density at radius 3 is 2.29 bits per heavy atom. The van der Waals surface area contributed by atoms with Gasteiger partial charge in [-0.25, -0.2) is 13.2 Å². The quantitative estimate of drug-likeness (QED) is 0.431. The second kappa shape index (κ2) is 10.3. The molecule has 0 saturated heterocycles. The molecule has 0 radical (unpaired) electrons. The molecule has 0 aliphatic heterocycles. The minimum absolute atomic E-state index is 0.0165. The number of carbonyl (C=O) groups excluding carboxylic acids is 2. The van der Waals surface area contributed by atoms with Crippen LogP contribution in [0.3, 0.4) is 0 Å². The van der Waals surface area contributed by atoms with Crippen LogP contribution in [-0.4, -0.2) is 43.8 Å². The van der Waals surface area contributed by atoms with Crippen molar-refractivity contribution < 1.29 is 22.7 Å². The third kappa shape index (κ3) is 5.88. The molecule has 168 valence electrons. The number of amides is 1. The van der Waals surface area contributed by atoms with Crippen LogP contribution in [0.2, 0.25) is 10.0 Å².